The van der Waals surface area contributed by atoms with Gasteiger partial charge in [-0.2, -0.15) is 0 Å². The Morgan fingerprint density at radius 2 is 2.38 bits per heavy atom. The fraction of sp³-hybridized carbons (Fsp3) is 0.857. The predicted molar refractivity (Wildman–Crippen MR) is 46.7 cm³/mol. The Labute approximate surface area is 76.6 Å². The first kappa shape index (κ1) is 10.2. The second-order valence-electron chi connectivity index (χ2n) is 3.13. The zero-order chi connectivity index (χ0) is 9.84. The van der Waals surface area contributed by atoms with Crippen LogP contribution in [-0.4, -0.2) is 60.0 Å². The van der Waals surface area contributed by atoms with Crippen molar-refractivity contribution in [2.75, 3.05) is 26.7 Å². The number of oxime groups is 1. The molecule has 2 atom stereocenters. The van der Waals surface area contributed by atoms with Crippen molar-refractivity contribution in [2.24, 2.45) is 10.9 Å². The van der Waals surface area contributed by atoms with Crippen LogP contribution in [0.2, 0.25) is 0 Å². The Morgan fingerprint density at radius 3 is 2.85 bits per heavy atom. The van der Waals surface area contributed by atoms with Crippen molar-refractivity contribution in [2.45, 2.75) is 12.2 Å². The molecule has 0 aromatic heterocycles. The fourth-order valence-corrected chi connectivity index (χ4v) is 1.45. The third-order valence-corrected chi connectivity index (χ3v) is 2.13. The Kier molecular flexibility index (Phi) is 3.47. The van der Waals surface area contributed by atoms with E-state index in [2.05, 4.69) is 5.16 Å². The first-order chi connectivity index (χ1) is 6.17. The fourth-order valence-electron chi connectivity index (χ4n) is 1.45. The summed E-state index contributed by atoms with van der Waals surface area (Å²) in [5.41, 5.74) is 5.32. The highest BCUT2D eigenvalue weighted by molar-refractivity contribution is 5.81. The van der Waals surface area contributed by atoms with Crippen LogP contribution in [0.3, 0.4) is 0 Å². The molecule has 1 aliphatic heterocycles. The number of hydrogen-bond acceptors (Lipinski definition) is 5. The molecule has 13 heavy (non-hydrogen) atoms. The number of nitrogens with zero attached hydrogens (tertiary/aromatic N) is 2. The lowest BCUT2D eigenvalue weighted by molar-refractivity contribution is 0.0215. The first-order valence-corrected chi connectivity index (χ1v) is 4.07. The first-order valence-electron chi connectivity index (χ1n) is 4.07. The van der Waals surface area contributed by atoms with Gasteiger partial charge in [0, 0.05) is 20.2 Å². The second-order valence-corrected chi connectivity index (χ2v) is 3.13. The van der Waals surface area contributed by atoms with E-state index in [1.165, 1.54) is 0 Å². The van der Waals surface area contributed by atoms with Gasteiger partial charge in [-0.1, -0.05) is 5.16 Å². The van der Waals surface area contributed by atoms with Crippen LogP contribution in [0.5, 0.6) is 0 Å². The zero-order valence-corrected chi connectivity index (χ0v) is 7.55. The number of methoxy groups -OCH3 is 1. The monoisotopic (exact) mass is 189 g/mol. The van der Waals surface area contributed by atoms with Crippen LogP contribution in [0.4, 0.5) is 0 Å². The maximum absolute atomic E-state index is 9.44. The van der Waals surface area contributed by atoms with Crippen LogP contribution in [0, 0.1) is 0 Å². The highest BCUT2D eigenvalue weighted by Crippen LogP contribution is 2.11. The summed E-state index contributed by atoms with van der Waals surface area (Å²) in [7, 11) is 1.56. The maximum atomic E-state index is 9.44. The molecule has 4 N–H and O–H groups in total. The van der Waals surface area contributed by atoms with E-state index in [1.54, 1.807) is 7.11 Å². The van der Waals surface area contributed by atoms with Crippen molar-refractivity contribution < 1.29 is 15.1 Å². The third kappa shape index (κ3) is 2.55. The molecule has 0 unspecified atom stereocenters. The van der Waals surface area contributed by atoms with Gasteiger partial charge < -0.3 is 20.8 Å². The van der Waals surface area contributed by atoms with Gasteiger partial charge in [0.15, 0.2) is 5.84 Å². The molecular weight excluding hydrogens is 174 g/mol. The lowest BCUT2D eigenvalue weighted by Gasteiger charge is -2.13. The van der Waals surface area contributed by atoms with Crippen molar-refractivity contribution in [3.05, 3.63) is 0 Å². The molecule has 76 valence electrons. The molecule has 0 radical (unpaired) electrons. The van der Waals surface area contributed by atoms with Crippen LogP contribution in [-0.2, 0) is 4.74 Å². The minimum absolute atomic E-state index is 0.143. The number of hydrogen-bond donors (Lipinski definition) is 3. The maximum Gasteiger partial charge on any atom is 0.153 e. The molecule has 1 fully saturated rings. The number of ether oxygens (including phenoxy) is 1. The Morgan fingerprint density at radius 1 is 1.69 bits per heavy atom. The molecule has 0 aromatic rings. The molecule has 1 heterocycles. The topological polar surface area (TPSA) is 91.3 Å². The lowest BCUT2D eigenvalue weighted by Crippen LogP contribution is -2.33. The van der Waals surface area contributed by atoms with Gasteiger partial charge in [0.1, 0.15) is 0 Å². The number of nitrogens with two attached hydrogens (primary N) is 1. The Balaban J connectivity index is 2.40. The van der Waals surface area contributed by atoms with Crippen LogP contribution in [0.25, 0.3) is 0 Å². The SMILES string of the molecule is CO[C@H]1CN(CC(N)=NO)C[C@H]1O. The summed E-state index contributed by atoms with van der Waals surface area (Å²) in [6.45, 7) is 1.45. The van der Waals surface area contributed by atoms with Crippen molar-refractivity contribution in [1.82, 2.24) is 4.90 Å². The molecular formula is C7H15N3O3. The minimum atomic E-state index is -0.489. The molecule has 0 bridgehead atoms. The predicted octanol–water partition coefficient (Wildman–Crippen LogP) is -1.58. The lowest BCUT2D eigenvalue weighted by atomic mass is 10.3. The van der Waals surface area contributed by atoms with E-state index in [4.69, 9.17) is 15.7 Å². The van der Waals surface area contributed by atoms with E-state index in [0.29, 0.717) is 19.6 Å². The molecule has 6 heteroatoms. The van der Waals surface area contributed by atoms with E-state index in [1.807, 2.05) is 4.90 Å². The average molecular weight is 189 g/mol. The smallest absolute Gasteiger partial charge is 0.153 e. The Hall–Kier alpha value is -0.850. The normalized spacial score (nSPS) is 31.1. The molecule has 1 saturated heterocycles. The molecule has 0 saturated carbocycles. The van der Waals surface area contributed by atoms with Crippen molar-refractivity contribution in [1.29, 1.82) is 0 Å². The van der Waals surface area contributed by atoms with Crippen molar-refractivity contribution in [3.8, 4) is 0 Å². The summed E-state index contributed by atoms with van der Waals surface area (Å²) in [6.07, 6.45) is -0.664. The molecule has 0 spiro atoms. The number of aliphatic hydroxyl groups excluding tert-OH is 1. The van der Waals surface area contributed by atoms with Gasteiger partial charge in [-0.25, -0.2) is 0 Å². The molecule has 0 aromatic carbocycles. The van der Waals surface area contributed by atoms with Crippen LogP contribution in [0.15, 0.2) is 5.16 Å². The molecule has 6 nitrogen and oxygen atoms in total. The van der Waals surface area contributed by atoms with Gasteiger partial charge in [-0.3, -0.25) is 4.90 Å². The largest absolute Gasteiger partial charge is 0.409 e. The van der Waals surface area contributed by atoms with Crippen molar-refractivity contribution >= 4 is 5.84 Å². The third-order valence-electron chi connectivity index (χ3n) is 2.13. The second kappa shape index (κ2) is 4.40. The van der Waals surface area contributed by atoms with E-state index in [0.717, 1.165) is 0 Å². The standard InChI is InChI=1S/C7H15N3O3/c1-13-6-3-10(2-5(6)11)4-7(8)9-12/h5-6,11-12H,2-4H2,1H3,(H2,8,9)/t5-,6+/m1/s1. The molecule has 0 amide bonds. The van der Waals surface area contributed by atoms with Crippen LogP contribution in [0.1, 0.15) is 0 Å². The van der Waals surface area contributed by atoms with Gasteiger partial charge in [0.2, 0.25) is 0 Å². The molecule has 0 aliphatic carbocycles. The molecule has 1 rings (SSSR count). The number of aliphatic hydroxyl groups is 1. The van der Waals surface area contributed by atoms with E-state index >= 15 is 0 Å². The minimum Gasteiger partial charge on any atom is -0.409 e. The number of amidine groups is 1. The quantitative estimate of drug-likeness (QED) is 0.216. The van der Waals surface area contributed by atoms with Crippen molar-refractivity contribution in [3.63, 3.8) is 0 Å². The summed E-state index contributed by atoms with van der Waals surface area (Å²) in [5.74, 6) is 0.143. The van der Waals surface area contributed by atoms with Gasteiger partial charge in [0.25, 0.3) is 0 Å². The van der Waals surface area contributed by atoms with E-state index in [-0.39, 0.29) is 11.9 Å². The average Bonchev–Trinajstić information content (AvgIpc) is 2.46. The van der Waals surface area contributed by atoms with Crippen LogP contribution >= 0.6 is 0 Å². The zero-order valence-electron chi connectivity index (χ0n) is 7.55. The highest BCUT2D eigenvalue weighted by atomic mass is 16.5. The van der Waals surface area contributed by atoms with E-state index in [9.17, 15) is 5.11 Å². The number of β-amino-alcohol motifs (C(OH)–C–C–N with tert-alkyl or cyclic N) is 1. The summed E-state index contributed by atoms with van der Waals surface area (Å²) in [4.78, 5) is 1.87. The summed E-state index contributed by atoms with van der Waals surface area (Å²) >= 11 is 0. The summed E-state index contributed by atoms with van der Waals surface area (Å²) in [5, 5.41) is 20.6. The summed E-state index contributed by atoms with van der Waals surface area (Å²) < 4.78 is 5.03. The summed E-state index contributed by atoms with van der Waals surface area (Å²) in [6, 6.07) is 0. The van der Waals surface area contributed by atoms with Gasteiger partial charge in [-0.15, -0.1) is 0 Å². The van der Waals surface area contributed by atoms with Gasteiger partial charge >= 0.3 is 0 Å². The molecule has 1 aliphatic rings. The van der Waals surface area contributed by atoms with Gasteiger partial charge in [-0.05, 0) is 0 Å². The number of rotatable bonds is 3. The van der Waals surface area contributed by atoms with Crippen LogP contribution < -0.4 is 5.73 Å². The number of likely N-dealkylation sites (tertiary alicyclic amines) is 1. The highest BCUT2D eigenvalue weighted by Gasteiger charge is 2.31. The van der Waals surface area contributed by atoms with E-state index < -0.39 is 6.10 Å². The Bertz CT molecular complexity index is 197. The van der Waals surface area contributed by atoms with Gasteiger partial charge in [0.05, 0.1) is 18.8 Å².